The maximum Gasteiger partial charge on any atom is 0.323 e. The molecule has 2 amide bonds. The second kappa shape index (κ2) is 4.54. The summed E-state index contributed by atoms with van der Waals surface area (Å²) in [5.41, 5.74) is 0.0773. The van der Waals surface area contributed by atoms with E-state index in [2.05, 4.69) is 15.3 Å². The van der Waals surface area contributed by atoms with Gasteiger partial charge < -0.3 is 5.32 Å². The minimum atomic E-state index is -1.47. The number of anilines is 1. The van der Waals surface area contributed by atoms with Crippen LogP contribution in [0.2, 0.25) is 0 Å². The molecule has 0 aliphatic heterocycles. The van der Waals surface area contributed by atoms with Crippen LogP contribution in [0, 0.1) is 6.92 Å². The molecule has 6 nitrogen and oxygen atoms in total. The average Bonchev–Trinajstić information content (AvgIpc) is 1.98. The summed E-state index contributed by atoms with van der Waals surface area (Å²) >= 11 is 0. The first kappa shape index (κ1) is 11.2. The molecule has 0 saturated carbocycles. The fourth-order valence-electron chi connectivity index (χ4n) is 0.963. The summed E-state index contributed by atoms with van der Waals surface area (Å²) in [7, 11) is 0. The molecular formula is C8H11FN4O2. The highest BCUT2D eigenvalue weighted by atomic mass is 19.1. The van der Waals surface area contributed by atoms with Gasteiger partial charge in [-0.2, -0.15) is 0 Å². The third-order valence-corrected chi connectivity index (χ3v) is 1.43. The Labute approximate surface area is 84.9 Å². The molecule has 0 bridgehead atoms. The van der Waals surface area contributed by atoms with Gasteiger partial charge in [0, 0.05) is 11.8 Å². The van der Waals surface area contributed by atoms with E-state index in [9.17, 15) is 14.0 Å². The van der Waals surface area contributed by atoms with Gasteiger partial charge in [0.15, 0.2) is 6.30 Å². The average molecular weight is 214 g/mol. The molecule has 0 aliphatic rings. The third-order valence-electron chi connectivity index (χ3n) is 1.43. The number of aryl methyl sites for hydroxylation is 1. The number of nitrogens with zero attached hydrogens (tertiary/aromatic N) is 1. The van der Waals surface area contributed by atoms with Crippen LogP contribution in [0.15, 0.2) is 10.9 Å². The minimum Gasteiger partial charge on any atom is -0.308 e. The predicted molar refractivity (Wildman–Crippen MR) is 52.3 cm³/mol. The minimum absolute atomic E-state index is 0.0156. The van der Waals surface area contributed by atoms with Gasteiger partial charge >= 0.3 is 6.03 Å². The van der Waals surface area contributed by atoms with E-state index in [1.165, 1.54) is 13.0 Å². The smallest absolute Gasteiger partial charge is 0.308 e. The summed E-state index contributed by atoms with van der Waals surface area (Å²) in [5.74, 6) is -0.0156. The van der Waals surface area contributed by atoms with Crippen LogP contribution in [0.3, 0.4) is 0 Å². The Kier molecular flexibility index (Phi) is 3.37. The van der Waals surface area contributed by atoms with Crippen molar-refractivity contribution >= 4 is 12.0 Å². The Morgan fingerprint density at radius 2 is 2.33 bits per heavy atom. The molecule has 3 N–H and O–H groups in total. The largest absolute Gasteiger partial charge is 0.323 e. The molecule has 0 spiro atoms. The Hall–Kier alpha value is -1.92. The molecule has 15 heavy (non-hydrogen) atoms. The fraction of sp³-hybridized carbons (Fsp3) is 0.375. The number of halogens is 1. The molecular weight excluding hydrogens is 203 g/mol. The highest BCUT2D eigenvalue weighted by molar-refractivity contribution is 5.87. The maximum atomic E-state index is 12.3. The summed E-state index contributed by atoms with van der Waals surface area (Å²) in [6.45, 7) is 2.78. The summed E-state index contributed by atoms with van der Waals surface area (Å²) < 4.78 is 12.3. The lowest BCUT2D eigenvalue weighted by atomic mass is 10.4. The molecule has 0 aliphatic carbocycles. The first-order valence-corrected chi connectivity index (χ1v) is 4.27. The van der Waals surface area contributed by atoms with Gasteiger partial charge in [-0.15, -0.1) is 0 Å². The van der Waals surface area contributed by atoms with Gasteiger partial charge in [-0.3, -0.25) is 15.1 Å². The number of alkyl halides is 1. The monoisotopic (exact) mass is 214 g/mol. The van der Waals surface area contributed by atoms with Crippen molar-refractivity contribution in [2.24, 2.45) is 0 Å². The standard InChI is InChI=1S/C8H11FN4O2/c1-4-3-6(14)12-7(10-4)13-8(15)11-5(2)9/h3,5H,1-2H3,(H3,10,11,12,13,14,15). The zero-order valence-corrected chi connectivity index (χ0v) is 8.30. The van der Waals surface area contributed by atoms with Crippen LogP contribution in [0.5, 0.6) is 0 Å². The molecule has 0 fully saturated rings. The molecule has 0 aromatic carbocycles. The van der Waals surface area contributed by atoms with E-state index in [0.29, 0.717) is 5.69 Å². The van der Waals surface area contributed by atoms with Gasteiger partial charge in [0.2, 0.25) is 5.95 Å². The van der Waals surface area contributed by atoms with Crippen LogP contribution >= 0.6 is 0 Å². The lowest BCUT2D eigenvalue weighted by Crippen LogP contribution is -2.34. The number of nitrogens with one attached hydrogen (secondary N) is 3. The van der Waals surface area contributed by atoms with Gasteiger partial charge in [0.1, 0.15) is 0 Å². The number of rotatable bonds is 2. The van der Waals surface area contributed by atoms with E-state index in [1.807, 2.05) is 5.32 Å². The zero-order valence-electron chi connectivity index (χ0n) is 8.30. The normalized spacial score (nSPS) is 11.9. The predicted octanol–water partition coefficient (Wildman–Crippen LogP) is 0.515. The number of amides is 2. The van der Waals surface area contributed by atoms with Crippen molar-refractivity contribution in [3.8, 4) is 0 Å². The topological polar surface area (TPSA) is 86.9 Å². The number of H-pyrrole nitrogens is 1. The molecule has 82 valence electrons. The van der Waals surface area contributed by atoms with Gasteiger partial charge in [0.25, 0.3) is 5.56 Å². The Bertz CT molecular complexity index is 415. The molecule has 1 rings (SSSR count). The van der Waals surface area contributed by atoms with Crippen molar-refractivity contribution in [3.63, 3.8) is 0 Å². The lowest BCUT2D eigenvalue weighted by molar-refractivity contribution is 0.233. The fourth-order valence-corrected chi connectivity index (χ4v) is 0.963. The summed E-state index contributed by atoms with van der Waals surface area (Å²) in [6.07, 6.45) is -1.47. The SMILES string of the molecule is Cc1cc(=O)[nH]c(NC(=O)NC(C)F)n1. The Morgan fingerprint density at radius 1 is 1.67 bits per heavy atom. The van der Waals surface area contributed by atoms with Gasteiger partial charge in [-0.1, -0.05) is 0 Å². The van der Waals surface area contributed by atoms with Crippen LogP contribution in [0.1, 0.15) is 12.6 Å². The van der Waals surface area contributed by atoms with Crippen molar-refractivity contribution in [1.82, 2.24) is 15.3 Å². The number of hydrogen-bond donors (Lipinski definition) is 3. The molecule has 1 unspecified atom stereocenters. The summed E-state index contributed by atoms with van der Waals surface area (Å²) in [6, 6.07) is 0.514. The maximum absolute atomic E-state index is 12.3. The second-order valence-electron chi connectivity index (χ2n) is 2.95. The third kappa shape index (κ3) is 3.75. The molecule has 0 saturated heterocycles. The van der Waals surface area contributed by atoms with Crippen molar-refractivity contribution < 1.29 is 9.18 Å². The van der Waals surface area contributed by atoms with Crippen molar-refractivity contribution in [1.29, 1.82) is 0 Å². The zero-order chi connectivity index (χ0) is 11.4. The van der Waals surface area contributed by atoms with Crippen LogP contribution in [-0.2, 0) is 0 Å². The molecule has 1 aromatic rings. The number of carbonyl (C=O) groups excluding carboxylic acids is 1. The van der Waals surface area contributed by atoms with E-state index < -0.39 is 12.3 Å². The summed E-state index contributed by atoms with van der Waals surface area (Å²) in [4.78, 5) is 28.1. The van der Waals surface area contributed by atoms with Crippen molar-refractivity contribution in [2.45, 2.75) is 20.1 Å². The van der Waals surface area contributed by atoms with E-state index in [1.54, 1.807) is 6.92 Å². The molecule has 1 atom stereocenters. The second-order valence-corrected chi connectivity index (χ2v) is 2.95. The number of aromatic nitrogens is 2. The number of aromatic amines is 1. The van der Waals surface area contributed by atoms with Gasteiger partial charge in [0.05, 0.1) is 0 Å². The highest BCUT2D eigenvalue weighted by Gasteiger charge is 2.06. The quantitative estimate of drug-likeness (QED) is 0.627. The molecule has 7 heteroatoms. The number of urea groups is 1. The molecule has 0 radical (unpaired) electrons. The number of hydrogen-bond acceptors (Lipinski definition) is 3. The van der Waals surface area contributed by atoms with Gasteiger partial charge in [-0.05, 0) is 13.8 Å². The van der Waals surface area contributed by atoms with Gasteiger partial charge in [-0.25, -0.2) is 14.2 Å². The number of carbonyl (C=O) groups is 1. The Morgan fingerprint density at radius 3 is 2.87 bits per heavy atom. The van der Waals surface area contributed by atoms with Crippen molar-refractivity contribution in [2.75, 3.05) is 5.32 Å². The molecule has 1 aromatic heterocycles. The lowest BCUT2D eigenvalue weighted by Gasteiger charge is -2.07. The van der Waals surface area contributed by atoms with Crippen LogP contribution in [0.25, 0.3) is 0 Å². The van der Waals surface area contributed by atoms with E-state index in [-0.39, 0.29) is 11.5 Å². The first-order chi connectivity index (χ1) is 6.97. The van der Waals surface area contributed by atoms with E-state index >= 15 is 0 Å². The molecule has 1 heterocycles. The van der Waals surface area contributed by atoms with Crippen LogP contribution in [0.4, 0.5) is 15.1 Å². The Balaban J connectivity index is 2.72. The van der Waals surface area contributed by atoms with Crippen molar-refractivity contribution in [3.05, 3.63) is 22.1 Å². The van der Waals surface area contributed by atoms with Crippen LogP contribution in [-0.4, -0.2) is 22.3 Å². The van der Waals surface area contributed by atoms with E-state index in [0.717, 1.165) is 0 Å². The highest BCUT2D eigenvalue weighted by Crippen LogP contribution is 1.95. The summed E-state index contributed by atoms with van der Waals surface area (Å²) in [5, 5.41) is 4.15. The van der Waals surface area contributed by atoms with Crippen LogP contribution < -0.4 is 16.2 Å². The van der Waals surface area contributed by atoms with E-state index in [4.69, 9.17) is 0 Å². The first-order valence-electron chi connectivity index (χ1n) is 4.27.